The summed E-state index contributed by atoms with van der Waals surface area (Å²) in [5, 5.41) is 6.02. The van der Waals surface area contributed by atoms with Gasteiger partial charge in [0.2, 0.25) is 5.91 Å². The zero-order valence-electron chi connectivity index (χ0n) is 10.3. The van der Waals surface area contributed by atoms with E-state index in [0.29, 0.717) is 19.1 Å². The zero-order chi connectivity index (χ0) is 11.3. The van der Waals surface area contributed by atoms with Gasteiger partial charge in [-0.15, -0.1) is 12.4 Å². The van der Waals surface area contributed by atoms with E-state index in [9.17, 15) is 4.79 Å². The smallest absolute Gasteiger partial charge is 0.222 e. The van der Waals surface area contributed by atoms with Gasteiger partial charge in [0.25, 0.3) is 0 Å². The maximum atomic E-state index is 11.4. The highest BCUT2D eigenvalue weighted by Crippen LogP contribution is 2.10. The Morgan fingerprint density at radius 3 is 2.50 bits per heavy atom. The van der Waals surface area contributed by atoms with Gasteiger partial charge < -0.3 is 15.4 Å². The Morgan fingerprint density at radius 2 is 2.06 bits per heavy atom. The van der Waals surface area contributed by atoms with Gasteiger partial charge in [-0.2, -0.15) is 0 Å². The predicted molar refractivity (Wildman–Crippen MR) is 66.9 cm³/mol. The monoisotopic (exact) mass is 250 g/mol. The number of hydrogen-bond acceptors (Lipinski definition) is 3. The molecule has 5 heteroatoms. The molecule has 1 rings (SSSR count). The third kappa shape index (κ3) is 7.04. The highest BCUT2D eigenvalue weighted by atomic mass is 35.5. The molecule has 1 fully saturated rings. The molecule has 0 aromatic rings. The minimum Gasteiger partial charge on any atom is -0.375 e. The van der Waals surface area contributed by atoms with Crippen LogP contribution in [0.15, 0.2) is 0 Å². The second-order valence-electron chi connectivity index (χ2n) is 5.24. The van der Waals surface area contributed by atoms with E-state index < -0.39 is 0 Å². The Morgan fingerprint density at radius 1 is 1.44 bits per heavy atom. The van der Waals surface area contributed by atoms with Crippen molar-refractivity contribution in [1.29, 1.82) is 0 Å². The van der Waals surface area contributed by atoms with Crippen LogP contribution in [0.1, 0.15) is 27.2 Å². The second kappa shape index (κ2) is 7.09. The van der Waals surface area contributed by atoms with Crippen LogP contribution in [0.2, 0.25) is 0 Å². The normalized spacial score (nSPS) is 16.2. The van der Waals surface area contributed by atoms with Gasteiger partial charge in [-0.05, 0) is 5.41 Å². The summed E-state index contributed by atoms with van der Waals surface area (Å²) in [6.45, 7) is 9.39. The van der Waals surface area contributed by atoms with Crippen LogP contribution < -0.4 is 10.6 Å². The largest absolute Gasteiger partial charge is 0.375 e. The molecule has 1 saturated heterocycles. The highest BCUT2D eigenvalue weighted by molar-refractivity contribution is 5.85. The quantitative estimate of drug-likeness (QED) is 0.764. The summed E-state index contributed by atoms with van der Waals surface area (Å²) in [5.41, 5.74) is 0.147. The molecule has 0 aromatic heterocycles. The second-order valence-corrected chi connectivity index (χ2v) is 5.24. The molecule has 0 spiro atoms. The van der Waals surface area contributed by atoms with Crippen LogP contribution in [-0.4, -0.2) is 38.3 Å². The minimum atomic E-state index is 0. The Labute approximate surface area is 104 Å². The molecule has 16 heavy (non-hydrogen) atoms. The van der Waals surface area contributed by atoms with Gasteiger partial charge in [0.15, 0.2) is 0 Å². The molecule has 4 nitrogen and oxygen atoms in total. The van der Waals surface area contributed by atoms with Crippen molar-refractivity contribution in [3.63, 3.8) is 0 Å². The number of hydrogen-bond donors (Lipinski definition) is 2. The van der Waals surface area contributed by atoms with Crippen molar-refractivity contribution < 1.29 is 9.53 Å². The summed E-state index contributed by atoms with van der Waals surface area (Å²) >= 11 is 0. The molecule has 1 aliphatic rings. The van der Waals surface area contributed by atoms with Crippen LogP contribution in [-0.2, 0) is 9.53 Å². The first-order chi connectivity index (χ1) is 6.97. The molecule has 0 saturated carbocycles. The van der Waals surface area contributed by atoms with Crippen molar-refractivity contribution in [2.45, 2.75) is 33.3 Å². The van der Waals surface area contributed by atoms with Crippen LogP contribution in [0.25, 0.3) is 0 Å². The van der Waals surface area contributed by atoms with Crippen molar-refractivity contribution in [3.8, 4) is 0 Å². The van der Waals surface area contributed by atoms with Crippen molar-refractivity contribution >= 4 is 18.3 Å². The topological polar surface area (TPSA) is 50.4 Å². The Kier molecular flexibility index (Phi) is 6.95. The van der Waals surface area contributed by atoms with Gasteiger partial charge in [0.05, 0.1) is 12.7 Å². The molecule has 1 amide bonds. The fourth-order valence-electron chi connectivity index (χ4n) is 1.15. The fourth-order valence-corrected chi connectivity index (χ4v) is 1.15. The maximum Gasteiger partial charge on any atom is 0.222 e. The fraction of sp³-hybridized carbons (Fsp3) is 0.909. The summed E-state index contributed by atoms with van der Waals surface area (Å²) in [7, 11) is 0. The number of carbonyl (C=O) groups excluding carboxylic acids is 1. The van der Waals surface area contributed by atoms with Crippen molar-refractivity contribution in [1.82, 2.24) is 10.6 Å². The molecule has 0 radical (unpaired) electrons. The SMILES string of the molecule is CC(C)(C)CNC(=O)CCOC1CNC1.Cl. The van der Waals surface area contributed by atoms with Crippen molar-refractivity contribution in [2.75, 3.05) is 26.2 Å². The molecule has 1 heterocycles. The summed E-state index contributed by atoms with van der Waals surface area (Å²) in [4.78, 5) is 11.4. The van der Waals surface area contributed by atoms with Crippen LogP contribution in [0.3, 0.4) is 0 Å². The lowest BCUT2D eigenvalue weighted by Gasteiger charge is -2.27. The summed E-state index contributed by atoms with van der Waals surface area (Å²) in [6.07, 6.45) is 0.785. The standard InChI is InChI=1S/C11H22N2O2.ClH/c1-11(2,3)8-13-10(14)4-5-15-9-6-12-7-9;/h9,12H,4-8H2,1-3H3,(H,13,14);1H. The lowest BCUT2D eigenvalue weighted by atomic mass is 9.97. The molecule has 1 aliphatic heterocycles. The highest BCUT2D eigenvalue weighted by Gasteiger charge is 2.17. The molecule has 2 N–H and O–H groups in total. The number of ether oxygens (including phenoxy) is 1. The Balaban J connectivity index is 0.00000225. The van der Waals surface area contributed by atoms with Gasteiger partial charge in [0, 0.05) is 26.1 Å². The number of carbonyl (C=O) groups is 1. The van der Waals surface area contributed by atoms with Crippen LogP contribution in [0.4, 0.5) is 0 Å². The van der Waals surface area contributed by atoms with Gasteiger partial charge in [0.1, 0.15) is 0 Å². The van der Waals surface area contributed by atoms with E-state index in [1.54, 1.807) is 0 Å². The lowest BCUT2D eigenvalue weighted by molar-refractivity contribution is -0.123. The Bertz CT molecular complexity index is 213. The molecule has 0 aromatic carbocycles. The zero-order valence-corrected chi connectivity index (χ0v) is 11.2. The predicted octanol–water partition coefficient (Wildman–Crippen LogP) is 0.949. The average Bonchev–Trinajstić information content (AvgIpc) is 2.04. The van der Waals surface area contributed by atoms with Crippen molar-refractivity contribution in [3.05, 3.63) is 0 Å². The first-order valence-electron chi connectivity index (χ1n) is 5.56. The van der Waals surface area contributed by atoms with Gasteiger partial charge in [-0.25, -0.2) is 0 Å². The van der Waals surface area contributed by atoms with E-state index in [4.69, 9.17) is 4.74 Å². The van der Waals surface area contributed by atoms with E-state index in [0.717, 1.165) is 19.6 Å². The number of amides is 1. The molecule has 0 aliphatic carbocycles. The van der Waals surface area contributed by atoms with E-state index in [-0.39, 0.29) is 23.7 Å². The molecule has 96 valence electrons. The van der Waals surface area contributed by atoms with Gasteiger partial charge in [-0.1, -0.05) is 20.8 Å². The first-order valence-corrected chi connectivity index (χ1v) is 5.56. The summed E-state index contributed by atoms with van der Waals surface area (Å²) in [6, 6.07) is 0. The first kappa shape index (κ1) is 15.7. The summed E-state index contributed by atoms with van der Waals surface area (Å²) < 4.78 is 5.46. The molecule has 0 bridgehead atoms. The number of nitrogens with one attached hydrogen (secondary N) is 2. The van der Waals surface area contributed by atoms with E-state index in [1.165, 1.54) is 0 Å². The minimum absolute atomic E-state index is 0. The third-order valence-corrected chi connectivity index (χ3v) is 2.24. The average molecular weight is 251 g/mol. The van der Waals surface area contributed by atoms with Crippen molar-refractivity contribution in [2.24, 2.45) is 5.41 Å². The Hall–Kier alpha value is -0.320. The number of rotatable bonds is 5. The van der Waals surface area contributed by atoms with E-state index >= 15 is 0 Å². The third-order valence-electron chi connectivity index (χ3n) is 2.24. The maximum absolute atomic E-state index is 11.4. The van der Waals surface area contributed by atoms with Gasteiger partial charge in [-0.3, -0.25) is 4.79 Å². The molecule has 0 atom stereocenters. The summed E-state index contributed by atoms with van der Waals surface area (Å²) in [5.74, 6) is 0.0807. The van der Waals surface area contributed by atoms with Crippen LogP contribution in [0.5, 0.6) is 0 Å². The van der Waals surface area contributed by atoms with E-state index in [2.05, 4.69) is 31.4 Å². The van der Waals surface area contributed by atoms with E-state index in [1.807, 2.05) is 0 Å². The van der Waals surface area contributed by atoms with Gasteiger partial charge >= 0.3 is 0 Å². The molecular weight excluding hydrogens is 228 g/mol. The lowest BCUT2D eigenvalue weighted by Crippen LogP contribution is -2.48. The number of halogens is 1. The molecule has 0 unspecified atom stereocenters. The molecular formula is C11H23ClN2O2. The van der Waals surface area contributed by atoms with Crippen LogP contribution >= 0.6 is 12.4 Å². The van der Waals surface area contributed by atoms with Crippen LogP contribution in [0, 0.1) is 5.41 Å².